The van der Waals surface area contributed by atoms with Crippen molar-refractivity contribution in [1.29, 1.82) is 0 Å². The molecule has 11 heteroatoms. The van der Waals surface area contributed by atoms with E-state index in [9.17, 15) is 18.3 Å². The van der Waals surface area contributed by atoms with Gasteiger partial charge in [0.25, 0.3) is 0 Å². The fourth-order valence-corrected chi connectivity index (χ4v) is 3.05. The van der Waals surface area contributed by atoms with Crippen molar-refractivity contribution < 1.29 is 23.0 Å². The molecule has 0 bridgehead atoms. The largest absolute Gasteiger partial charge is 0.468 e. The van der Waals surface area contributed by atoms with E-state index in [0.29, 0.717) is 18.1 Å². The van der Waals surface area contributed by atoms with E-state index in [0.717, 1.165) is 4.88 Å². The van der Waals surface area contributed by atoms with E-state index < -0.39 is 18.4 Å². The molecular weight excluding hydrogens is 520 g/mol. The molecule has 0 amide bonds. The molecule has 0 radical (unpaired) electrons. The maximum absolute atomic E-state index is 12.4. The monoisotopic (exact) mass is 544 g/mol. The van der Waals surface area contributed by atoms with Crippen molar-refractivity contribution >= 4 is 41.3 Å². The molecule has 2 aromatic rings. The molecule has 0 aliphatic heterocycles. The zero-order chi connectivity index (χ0) is 20.6. The van der Waals surface area contributed by atoms with Crippen molar-refractivity contribution in [1.82, 2.24) is 15.6 Å². The van der Waals surface area contributed by atoms with Crippen molar-refractivity contribution in [2.75, 3.05) is 19.7 Å². The number of halogens is 4. The normalized spacial score (nSPS) is 13.9. The average molecular weight is 544 g/mol. The molecule has 0 spiro atoms. The Balaban J connectivity index is 0.00000420. The fraction of sp³-hybridized carbons (Fsp3) is 0.444. The molecule has 3 N–H and O–H groups in total. The molecule has 0 aromatic carbocycles. The number of alkyl halides is 3. The number of hydrogen-bond donors (Lipinski definition) is 3. The predicted octanol–water partition coefficient (Wildman–Crippen LogP) is 3.67. The van der Waals surface area contributed by atoms with Gasteiger partial charge in [0, 0.05) is 23.2 Å². The summed E-state index contributed by atoms with van der Waals surface area (Å²) in [6, 6.07) is 6.91. The van der Waals surface area contributed by atoms with E-state index in [4.69, 9.17) is 4.74 Å². The van der Waals surface area contributed by atoms with E-state index in [1.165, 1.54) is 17.5 Å². The number of ether oxygens (including phenoxy) is 1. The number of pyridine rings is 1. The number of nitrogens with zero attached hydrogens (tertiary/aromatic N) is 2. The highest BCUT2D eigenvalue weighted by Gasteiger charge is 2.29. The molecule has 1 unspecified atom stereocenters. The predicted molar refractivity (Wildman–Crippen MR) is 118 cm³/mol. The second-order valence-electron chi connectivity index (χ2n) is 6.17. The van der Waals surface area contributed by atoms with Crippen LogP contribution in [0.3, 0.4) is 0 Å². The minimum Gasteiger partial charge on any atom is -0.468 e. The van der Waals surface area contributed by atoms with Crippen LogP contribution < -0.4 is 15.4 Å². The van der Waals surface area contributed by atoms with Gasteiger partial charge in [-0.3, -0.25) is 0 Å². The third-order valence-corrected chi connectivity index (χ3v) is 4.75. The Morgan fingerprint density at radius 3 is 2.66 bits per heavy atom. The van der Waals surface area contributed by atoms with E-state index in [1.807, 2.05) is 24.4 Å². The summed E-state index contributed by atoms with van der Waals surface area (Å²) < 4.78 is 42.0. The number of rotatable bonds is 8. The lowest BCUT2D eigenvalue weighted by molar-refractivity contribution is -0.154. The molecule has 0 saturated heterocycles. The van der Waals surface area contributed by atoms with Gasteiger partial charge >= 0.3 is 6.18 Å². The van der Waals surface area contributed by atoms with E-state index in [1.54, 1.807) is 19.1 Å². The van der Waals surface area contributed by atoms with Gasteiger partial charge in [-0.2, -0.15) is 13.2 Å². The molecule has 1 atom stereocenters. The second kappa shape index (κ2) is 11.6. The summed E-state index contributed by atoms with van der Waals surface area (Å²) in [5, 5.41) is 18.6. The van der Waals surface area contributed by atoms with Gasteiger partial charge in [-0.25, -0.2) is 9.98 Å². The maximum Gasteiger partial charge on any atom is 0.422 e. The Labute approximate surface area is 188 Å². The van der Waals surface area contributed by atoms with Gasteiger partial charge in [-0.15, -0.1) is 35.3 Å². The van der Waals surface area contributed by atoms with Gasteiger partial charge < -0.3 is 20.5 Å². The lowest BCUT2D eigenvalue weighted by atomic mass is 10.1. The Bertz CT molecular complexity index is 771. The number of guanidine groups is 1. The van der Waals surface area contributed by atoms with E-state index in [-0.39, 0.29) is 42.9 Å². The number of hydrogen-bond acceptors (Lipinski definition) is 5. The third kappa shape index (κ3) is 8.74. The highest BCUT2D eigenvalue weighted by atomic mass is 127. The van der Waals surface area contributed by atoms with Gasteiger partial charge in [0.2, 0.25) is 5.88 Å². The van der Waals surface area contributed by atoms with Gasteiger partial charge in [0.15, 0.2) is 12.6 Å². The SMILES string of the molecule is CCNC(=NCc1cccnc1OCC(F)(F)F)NCC(C)(O)c1cccs1.I. The fourth-order valence-electron chi connectivity index (χ4n) is 2.26. The van der Waals surface area contributed by atoms with Crippen molar-refractivity contribution in [3.05, 3.63) is 46.3 Å². The van der Waals surface area contributed by atoms with Crippen molar-refractivity contribution in [3.8, 4) is 5.88 Å². The first-order valence-corrected chi connectivity index (χ1v) is 9.51. The Hall–Kier alpha value is -1.60. The Morgan fingerprint density at radius 2 is 2.03 bits per heavy atom. The van der Waals surface area contributed by atoms with Crippen LogP contribution in [-0.4, -0.2) is 41.9 Å². The summed E-state index contributed by atoms with van der Waals surface area (Å²) >= 11 is 1.45. The summed E-state index contributed by atoms with van der Waals surface area (Å²) in [4.78, 5) is 9.02. The summed E-state index contributed by atoms with van der Waals surface area (Å²) in [5.74, 6) is 0.315. The number of thiophene rings is 1. The molecule has 0 aliphatic carbocycles. The molecule has 2 aromatic heterocycles. The van der Waals surface area contributed by atoms with Crippen molar-refractivity contribution in [2.45, 2.75) is 32.2 Å². The Kier molecular flexibility index (Phi) is 10.1. The van der Waals surface area contributed by atoms with Crippen LogP contribution in [0.15, 0.2) is 40.8 Å². The summed E-state index contributed by atoms with van der Waals surface area (Å²) in [6.45, 7) is 3.03. The lowest BCUT2D eigenvalue weighted by Gasteiger charge is -2.23. The first-order valence-electron chi connectivity index (χ1n) is 8.63. The first-order chi connectivity index (χ1) is 13.2. The number of aromatic nitrogens is 1. The van der Waals surface area contributed by atoms with E-state index >= 15 is 0 Å². The van der Waals surface area contributed by atoms with Crippen LogP contribution in [0, 0.1) is 0 Å². The standard InChI is InChI=1S/C18H23F3N4O2S.HI/c1-3-22-16(25-11-17(2,26)14-7-5-9-28-14)24-10-13-6-4-8-23-15(13)27-12-18(19,20)21;/h4-9,26H,3,10-12H2,1-2H3,(H2,22,24,25);1H. The second-order valence-corrected chi connectivity index (χ2v) is 7.12. The molecule has 0 saturated carbocycles. The molecule has 29 heavy (non-hydrogen) atoms. The summed E-state index contributed by atoms with van der Waals surface area (Å²) in [5.41, 5.74) is -0.659. The molecule has 6 nitrogen and oxygen atoms in total. The van der Waals surface area contributed by atoms with Crippen molar-refractivity contribution in [2.24, 2.45) is 4.99 Å². The quantitative estimate of drug-likeness (QED) is 0.269. The zero-order valence-corrected chi connectivity index (χ0v) is 19.1. The van der Waals surface area contributed by atoms with E-state index in [2.05, 4.69) is 20.6 Å². The van der Waals surface area contributed by atoms with Crippen LogP contribution in [0.4, 0.5) is 13.2 Å². The zero-order valence-electron chi connectivity index (χ0n) is 16.0. The van der Waals surface area contributed by atoms with Crippen molar-refractivity contribution in [3.63, 3.8) is 0 Å². The minimum absolute atomic E-state index is 0. The topological polar surface area (TPSA) is 78.8 Å². The van der Waals surface area contributed by atoms with Gasteiger partial charge in [-0.1, -0.05) is 12.1 Å². The summed E-state index contributed by atoms with van der Waals surface area (Å²) in [7, 11) is 0. The van der Waals surface area contributed by atoms with Crippen LogP contribution in [-0.2, 0) is 12.1 Å². The molecule has 0 aliphatic rings. The Morgan fingerprint density at radius 1 is 1.28 bits per heavy atom. The molecule has 2 heterocycles. The van der Waals surface area contributed by atoms with Crippen LogP contribution >= 0.6 is 35.3 Å². The average Bonchev–Trinajstić information content (AvgIpc) is 3.18. The molecular formula is C18H24F3IN4O2S. The molecule has 2 rings (SSSR count). The number of aliphatic hydroxyl groups is 1. The van der Waals surface area contributed by atoms with Gasteiger partial charge in [-0.05, 0) is 31.4 Å². The van der Waals surface area contributed by atoms with Crippen LogP contribution in [0.5, 0.6) is 5.88 Å². The van der Waals surface area contributed by atoms with Gasteiger partial charge in [0.05, 0.1) is 13.1 Å². The molecule has 0 fully saturated rings. The molecule has 162 valence electrons. The summed E-state index contributed by atoms with van der Waals surface area (Å²) in [6.07, 6.45) is -3.08. The van der Waals surface area contributed by atoms with Crippen LogP contribution in [0.1, 0.15) is 24.3 Å². The first kappa shape index (κ1) is 25.4. The van der Waals surface area contributed by atoms with Crippen LogP contribution in [0.25, 0.3) is 0 Å². The highest BCUT2D eigenvalue weighted by molar-refractivity contribution is 14.0. The smallest absolute Gasteiger partial charge is 0.422 e. The third-order valence-electron chi connectivity index (χ3n) is 3.63. The van der Waals surface area contributed by atoms with Gasteiger partial charge in [0.1, 0.15) is 5.60 Å². The maximum atomic E-state index is 12.4. The highest BCUT2D eigenvalue weighted by Crippen LogP contribution is 2.24. The number of aliphatic imine (C=N–C) groups is 1. The lowest BCUT2D eigenvalue weighted by Crippen LogP contribution is -2.44. The van der Waals surface area contributed by atoms with Crippen LogP contribution in [0.2, 0.25) is 0 Å². The minimum atomic E-state index is -4.44. The number of nitrogens with one attached hydrogen (secondary N) is 2.